The Morgan fingerprint density at radius 2 is 1.90 bits per heavy atom. The van der Waals surface area contributed by atoms with Gasteiger partial charge in [-0.05, 0) is 43.9 Å². The zero-order chi connectivity index (χ0) is 14.8. The monoisotopic (exact) mass is 291 g/mol. The van der Waals surface area contributed by atoms with Gasteiger partial charge in [0.2, 0.25) is 0 Å². The summed E-state index contributed by atoms with van der Waals surface area (Å²) in [5.74, 6) is 1.67. The summed E-state index contributed by atoms with van der Waals surface area (Å²) in [4.78, 5) is 14.4. The molecule has 1 saturated heterocycles. The van der Waals surface area contributed by atoms with Crippen LogP contribution in [0.15, 0.2) is 18.2 Å². The molecule has 0 aromatic heterocycles. The number of ether oxygens (including phenoxy) is 2. The Morgan fingerprint density at radius 3 is 2.57 bits per heavy atom. The Kier molecular flexibility index (Phi) is 4.01. The number of likely N-dealkylation sites (tertiary alicyclic amines) is 1. The summed E-state index contributed by atoms with van der Waals surface area (Å²) in [5.41, 5.74) is 0.634. The van der Waals surface area contributed by atoms with Gasteiger partial charge in [0.25, 0.3) is 5.91 Å². The van der Waals surface area contributed by atoms with Crippen molar-refractivity contribution in [2.45, 2.75) is 25.9 Å². The maximum absolute atomic E-state index is 12.5. The average molecular weight is 291 g/mol. The molecule has 0 aliphatic carbocycles. The molecule has 0 radical (unpaired) electrons. The Balaban J connectivity index is 1.68. The van der Waals surface area contributed by atoms with Crippen molar-refractivity contribution in [3.63, 3.8) is 0 Å². The predicted molar refractivity (Wildman–Crippen MR) is 77.7 cm³/mol. The Morgan fingerprint density at radius 1 is 1.24 bits per heavy atom. The summed E-state index contributed by atoms with van der Waals surface area (Å²) in [5, 5.41) is 9.62. The average Bonchev–Trinajstić information content (AvgIpc) is 2.54. The lowest BCUT2D eigenvalue weighted by atomic mass is 9.92. The number of nitrogens with zero attached hydrogens (tertiary/aromatic N) is 1. The molecule has 1 aromatic carbocycles. The van der Waals surface area contributed by atoms with Gasteiger partial charge in [0, 0.05) is 18.7 Å². The predicted octanol–water partition coefficient (Wildman–Crippen LogP) is 1.69. The van der Waals surface area contributed by atoms with Gasteiger partial charge in [-0.25, -0.2) is 0 Å². The first-order valence-electron chi connectivity index (χ1n) is 7.52. The number of carbonyl (C=O) groups excluding carboxylic acids is 1. The highest BCUT2D eigenvalue weighted by Gasteiger charge is 2.26. The van der Waals surface area contributed by atoms with Crippen LogP contribution in [0.4, 0.5) is 0 Å². The van der Waals surface area contributed by atoms with Gasteiger partial charge >= 0.3 is 0 Å². The third-order valence-corrected chi connectivity index (χ3v) is 4.30. The first kappa shape index (κ1) is 14.2. The molecule has 1 fully saturated rings. The van der Waals surface area contributed by atoms with E-state index in [1.807, 2.05) is 11.8 Å². The van der Waals surface area contributed by atoms with Crippen molar-refractivity contribution >= 4 is 5.91 Å². The maximum Gasteiger partial charge on any atom is 0.253 e. The van der Waals surface area contributed by atoms with Crippen LogP contribution in [-0.2, 0) is 0 Å². The number of benzene rings is 1. The Labute approximate surface area is 124 Å². The molecule has 5 nitrogen and oxygen atoms in total. The van der Waals surface area contributed by atoms with Crippen molar-refractivity contribution in [1.29, 1.82) is 0 Å². The van der Waals surface area contributed by atoms with E-state index in [-0.39, 0.29) is 12.0 Å². The highest BCUT2D eigenvalue weighted by Crippen LogP contribution is 2.31. The van der Waals surface area contributed by atoms with Gasteiger partial charge in [0.1, 0.15) is 13.2 Å². The lowest BCUT2D eigenvalue weighted by molar-refractivity contribution is 0.0521. The smallest absolute Gasteiger partial charge is 0.253 e. The van der Waals surface area contributed by atoms with E-state index in [4.69, 9.17) is 9.47 Å². The molecule has 0 spiro atoms. The molecule has 1 atom stereocenters. The number of aliphatic hydroxyl groups is 1. The third-order valence-electron chi connectivity index (χ3n) is 4.30. The van der Waals surface area contributed by atoms with Crippen LogP contribution in [0.25, 0.3) is 0 Å². The number of fused-ring (bicyclic) bond motifs is 1. The molecule has 2 heterocycles. The lowest BCUT2D eigenvalue weighted by Crippen LogP contribution is -2.40. The van der Waals surface area contributed by atoms with Gasteiger partial charge in [-0.1, -0.05) is 0 Å². The summed E-state index contributed by atoms with van der Waals surface area (Å²) in [6.45, 7) is 4.28. The topological polar surface area (TPSA) is 59.0 Å². The molecule has 3 rings (SSSR count). The molecule has 0 unspecified atom stereocenters. The maximum atomic E-state index is 12.5. The van der Waals surface area contributed by atoms with E-state index in [9.17, 15) is 9.90 Å². The standard InChI is InChI=1S/C16H21NO4/c1-11(18)12-4-6-17(7-5-12)16(19)13-2-3-14-15(10-13)21-9-8-20-14/h2-3,10-12,18H,4-9H2,1H3/t11-/m1/s1. The fourth-order valence-corrected chi connectivity index (χ4v) is 2.94. The first-order chi connectivity index (χ1) is 10.1. The molecule has 0 saturated carbocycles. The zero-order valence-corrected chi connectivity index (χ0v) is 12.2. The number of aliphatic hydroxyl groups excluding tert-OH is 1. The molecule has 1 N–H and O–H groups in total. The van der Waals surface area contributed by atoms with E-state index in [2.05, 4.69) is 0 Å². The number of rotatable bonds is 2. The van der Waals surface area contributed by atoms with Crippen LogP contribution in [0.2, 0.25) is 0 Å². The van der Waals surface area contributed by atoms with E-state index >= 15 is 0 Å². The third kappa shape index (κ3) is 2.97. The summed E-state index contributed by atoms with van der Waals surface area (Å²) in [7, 11) is 0. The van der Waals surface area contributed by atoms with Crippen LogP contribution in [0.1, 0.15) is 30.1 Å². The molecule has 1 amide bonds. The van der Waals surface area contributed by atoms with Crippen molar-refractivity contribution in [3.05, 3.63) is 23.8 Å². The summed E-state index contributed by atoms with van der Waals surface area (Å²) < 4.78 is 11.0. The fraction of sp³-hybridized carbons (Fsp3) is 0.562. The van der Waals surface area contributed by atoms with Crippen molar-refractivity contribution in [3.8, 4) is 11.5 Å². The van der Waals surface area contributed by atoms with Gasteiger partial charge in [-0.15, -0.1) is 0 Å². The van der Waals surface area contributed by atoms with Crippen molar-refractivity contribution in [2.24, 2.45) is 5.92 Å². The highest BCUT2D eigenvalue weighted by molar-refractivity contribution is 5.95. The Bertz CT molecular complexity index is 521. The first-order valence-corrected chi connectivity index (χ1v) is 7.52. The van der Waals surface area contributed by atoms with Gasteiger partial charge in [-0.3, -0.25) is 4.79 Å². The molecular formula is C16H21NO4. The number of hydrogen-bond acceptors (Lipinski definition) is 4. The molecule has 5 heteroatoms. The minimum atomic E-state index is -0.295. The van der Waals surface area contributed by atoms with Crippen LogP contribution < -0.4 is 9.47 Å². The van der Waals surface area contributed by atoms with E-state index in [1.54, 1.807) is 18.2 Å². The SMILES string of the molecule is C[C@@H](O)C1CCN(C(=O)c2ccc3c(c2)OCCO3)CC1. The fourth-order valence-electron chi connectivity index (χ4n) is 2.94. The van der Waals surface area contributed by atoms with Crippen LogP contribution >= 0.6 is 0 Å². The minimum Gasteiger partial charge on any atom is -0.486 e. The zero-order valence-electron chi connectivity index (χ0n) is 12.2. The van der Waals surface area contributed by atoms with Crippen molar-refractivity contribution in [1.82, 2.24) is 4.90 Å². The molecular weight excluding hydrogens is 270 g/mol. The van der Waals surface area contributed by atoms with Crippen LogP contribution in [0, 0.1) is 5.92 Å². The molecule has 2 aliphatic heterocycles. The molecule has 2 aliphatic rings. The second-order valence-electron chi connectivity index (χ2n) is 5.73. The van der Waals surface area contributed by atoms with Crippen molar-refractivity contribution in [2.75, 3.05) is 26.3 Å². The van der Waals surface area contributed by atoms with E-state index < -0.39 is 0 Å². The van der Waals surface area contributed by atoms with Crippen LogP contribution in [0.3, 0.4) is 0 Å². The molecule has 0 bridgehead atoms. The van der Waals surface area contributed by atoms with Gasteiger partial charge in [0.05, 0.1) is 6.10 Å². The molecule has 21 heavy (non-hydrogen) atoms. The van der Waals surface area contributed by atoms with Crippen LogP contribution in [0.5, 0.6) is 11.5 Å². The second-order valence-corrected chi connectivity index (χ2v) is 5.73. The lowest BCUT2D eigenvalue weighted by Gasteiger charge is -2.33. The summed E-state index contributed by atoms with van der Waals surface area (Å²) in [6.07, 6.45) is 1.42. The van der Waals surface area contributed by atoms with Crippen molar-refractivity contribution < 1.29 is 19.4 Å². The molecule has 1 aromatic rings. The second kappa shape index (κ2) is 5.93. The summed E-state index contributed by atoms with van der Waals surface area (Å²) in [6, 6.07) is 5.35. The van der Waals surface area contributed by atoms with Gasteiger partial charge in [0.15, 0.2) is 11.5 Å². The molecule has 114 valence electrons. The normalized spacial score (nSPS) is 20.2. The van der Waals surface area contributed by atoms with E-state index in [0.717, 1.165) is 12.8 Å². The van der Waals surface area contributed by atoms with Gasteiger partial charge in [-0.2, -0.15) is 0 Å². The van der Waals surface area contributed by atoms with E-state index in [0.29, 0.717) is 49.3 Å². The van der Waals surface area contributed by atoms with Gasteiger partial charge < -0.3 is 19.5 Å². The number of piperidine rings is 1. The quantitative estimate of drug-likeness (QED) is 0.901. The number of amides is 1. The number of carbonyl (C=O) groups is 1. The largest absolute Gasteiger partial charge is 0.486 e. The van der Waals surface area contributed by atoms with E-state index in [1.165, 1.54) is 0 Å². The number of hydrogen-bond donors (Lipinski definition) is 1. The highest BCUT2D eigenvalue weighted by atomic mass is 16.6. The summed E-state index contributed by atoms with van der Waals surface area (Å²) >= 11 is 0. The Hall–Kier alpha value is -1.75. The van der Waals surface area contributed by atoms with Crippen LogP contribution in [-0.4, -0.2) is 48.3 Å². The minimum absolute atomic E-state index is 0.0241.